The Labute approximate surface area is 86.2 Å². The van der Waals surface area contributed by atoms with Crippen LogP contribution in [0.1, 0.15) is 17.3 Å². The van der Waals surface area contributed by atoms with Crippen LogP contribution < -0.4 is 5.73 Å². The molecule has 0 aliphatic carbocycles. The van der Waals surface area contributed by atoms with Crippen LogP contribution in [0.2, 0.25) is 5.02 Å². The molecule has 0 aliphatic heterocycles. The number of esters is 1. The third kappa shape index (κ3) is 2.09. The van der Waals surface area contributed by atoms with Gasteiger partial charge in [0.05, 0.1) is 17.9 Å². The van der Waals surface area contributed by atoms with Gasteiger partial charge in [-0.15, -0.1) is 0 Å². The van der Waals surface area contributed by atoms with E-state index in [1.807, 2.05) is 0 Å². The lowest BCUT2D eigenvalue weighted by Gasteiger charge is -2.07. The summed E-state index contributed by atoms with van der Waals surface area (Å²) in [6, 6.07) is 2.62. The van der Waals surface area contributed by atoms with Gasteiger partial charge in [-0.1, -0.05) is 11.6 Å². The fourth-order valence-electron chi connectivity index (χ4n) is 0.981. The topological polar surface area (TPSA) is 72.5 Å². The van der Waals surface area contributed by atoms with Crippen molar-refractivity contribution in [3.05, 3.63) is 22.7 Å². The molecule has 5 heteroatoms. The molecule has 0 radical (unpaired) electrons. The van der Waals surface area contributed by atoms with Crippen molar-refractivity contribution in [3.63, 3.8) is 0 Å². The minimum absolute atomic E-state index is 0.0205. The van der Waals surface area contributed by atoms with Gasteiger partial charge in [0, 0.05) is 11.1 Å². The van der Waals surface area contributed by atoms with Crippen molar-refractivity contribution < 1.29 is 14.6 Å². The summed E-state index contributed by atoms with van der Waals surface area (Å²) in [5, 5.41) is 9.52. The fourth-order valence-corrected chi connectivity index (χ4v) is 1.19. The van der Waals surface area contributed by atoms with E-state index >= 15 is 0 Å². The number of benzene rings is 1. The molecule has 1 rings (SSSR count). The Bertz CT molecular complexity index is 365. The first kappa shape index (κ1) is 10.7. The molecule has 0 fully saturated rings. The minimum atomic E-state index is -0.595. The Hall–Kier alpha value is -1.42. The lowest BCUT2D eigenvalue weighted by Crippen LogP contribution is -2.08. The Morgan fingerprint density at radius 2 is 2.29 bits per heavy atom. The van der Waals surface area contributed by atoms with Gasteiger partial charge >= 0.3 is 5.97 Å². The van der Waals surface area contributed by atoms with Gasteiger partial charge in [0.15, 0.2) is 0 Å². The molecule has 1 aromatic carbocycles. The molecule has 14 heavy (non-hydrogen) atoms. The molecule has 0 atom stereocenters. The van der Waals surface area contributed by atoms with E-state index in [1.54, 1.807) is 6.92 Å². The largest absolute Gasteiger partial charge is 0.506 e. The standard InChI is InChI=1S/C9H10ClNO3/c1-2-14-9(13)6-3-5(10)4-7(12)8(6)11/h3-4,12H,2,11H2,1H3. The Morgan fingerprint density at radius 1 is 1.64 bits per heavy atom. The SMILES string of the molecule is CCOC(=O)c1cc(Cl)cc(O)c1N. The van der Waals surface area contributed by atoms with Gasteiger partial charge in [-0.05, 0) is 13.0 Å². The Morgan fingerprint density at radius 3 is 2.86 bits per heavy atom. The van der Waals surface area contributed by atoms with Crippen molar-refractivity contribution in [1.29, 1.82) is 0 Å². The third-order valence-corrected chi connectivity index (χ3v) is 1.84. The minimum Gasteiger partial charge on any atom is -0.506 e. The molecule has 0 aromatic heterocycles. The monoisotopic (exact) mass is 215 g/mol. The first-order valence-corrected chi connectivity index (χ1v) is 4.39. The second kappa shape index (κ2) is 4.19. The second-order valence-corrected chi connectivity index (χ2v) is 3.04. The molecule has 0 saturated carbocycles. The van der Waals surface area contributed by atoms with E-state index in [4.69, 9.17) is 22.1 Å². The molecule has 0 saturated heterocycles. The van der Waals surface area contributed by atoms with Crippen LogP contribution in [0.4, 0.5) is 5.69 Å². The summed E-state index contributed by atoms with van der Waals surface area (Å²) in [5.41, 5.74) is 5.53. The molecule has 0 unspecified atom stereocenters. The summed E-state index contributed by atoms with van der Waals surface area (Å²) < 4.78 is 4.73. The van der Waals surface area contributed by atoms with Crippen LogP contribution in [0, 0.1) is 0 Å². The Balaban J connectivity index is 3.13. The van der Waals surface area contributed by atoms with Crippen LogP contribution in [0.15, 0.2) is 12.1 Å². The zero-order chi connectivity index (χ0) is 10.7. The molecule has 3 N–H and O–H groups in total. The summed E-state index contributed by atoms with van der Waals surface area (Å²) in [5.74, 6) is -0.816. The maximum atomic E-state index is 11.3. The van der Waals surface area contributed by atoms with E-state index in [0.29, 0.717) is 0 Å². The molecule has 4 nitrogen and oxygen atoms in total. The highest BCUT2D eigenvalue weighted by Crippen LogP contribution is 2.28. The number of aromatic hydroxyl groups is 1. The van der Waals surface area contributed by atoms with E-state index < -0.39 is 5.97 Å². The maximum absolute atomic E-state index is 11.3. The van der Waals surface area contributed by atoms with Gasteiger partial charge in [-0.2, -0.15) is 0 Å². The number of anilines is 1. The van der Waals surface area contributed by atoms with E-state index in [1.165, 1.54) is 12.1 Å². The summed E-state index contributed by atoms with van der Waals surface area (Å²) in [7, 11) is 0. The highest BCUT2D eigenvalue weighted by atomic mass is 35.5. The third-order valence-electron chi connectivity index (χ3n) is 1.62. The molecule has 0 aliphatic rings. The predicted octanol–water partition coefficient (Wildman–Crippen LogP) is 1.80. The molecule has 0 heterocycles. The summed E-state index contributed by atoms with van der Waals surface area (Å²) in [6.07, 6.45) is 0. The average Bonchev–Trinajstić information content (AvgIpc) is 2.11. The van der Waals surface area contributed by atoms with Crippen molar-refractivity contribution in [1.82, 2.24) is 0 Å². The highest BCUT2D eigenvalue weighted by molar-refractivity contribution is 6.31. The van der Waals surface area contributed by atoms with Crippen LogP contribution >= 0.6 is 11.6 Å². The van der Waals surface area contributed by atoms with Crippen LogP contribution in [0.25, 0.3) is 0 Å². The number of rotatable bonds is 2. The van der Waals surface area contributed by atoms with Crippen LogP contribution in [0.5, 0.6) is 5.75 Å². The van der Waals surface area contributed by atoms with Gasteiger partial charge in [0.2, 0.25) is 0 Å². The second-order valence-electron chi connectivity index (χ2n) is 2.61. The molecule has 0 amide bonds. The molecule has 76 valence electrons. The molecular formula is C9H10ClNO3. The predicted molar refractivity (Wildman–Crippen MR) is 53.5 cm³/mol. The number of nitrogen functional groups attached to an aromatic ring is 1. The molecular weight excluding hydrogens is 206 g/mol. The quantitative estimate of drug-likeness (QED) is 0.448. The lowest BCUT2D eigenvalue weighted by molar-refractivity contribution is 0.0527. The zero-order valence-electron chi connectivity index (χ0n) is 7.58. The van der Waals surface area contributed by atoms with Crippen LogP contribution in [-0.2, 0) is 4.74 Å². The van der Waals surface area contributed by atoms with Crippen molar-refractivity contribution in [2.75, 3.05) is 12.3 Å². The van der Waals surface area contributed by atoms with Gasteiger partial charge in [0.1, 0.15) is 5.75 Å². The summed E-state index contributed by atoms with van der Waals surface area (Å²) in [6.45, 7) is 1.92. The maximum Gasteiger partial charge on any atom is 0.340 e. The first-order valence-electron chi connectivity index (χ1n) is 4.01. The zero-order valence-corrected chi connectivity index (χ0v) is 8.34. The van der Waals surface area contributed by atoms with E-state index in [9.17, 15) is 9.90 Å². The number of halogens is 1. The van der Waals surface area contributed by atoms with Crippen LogP contribution in [-0.4, -0.2) is 17.7 Å². The smallest absolute Gasteiger partial charge is 0.340 e. The van der Waals surface area contributed by atoms with E-state index in [0.717, 1.165) is 0 Å². The van der Waals surface area contributed by atoms with E-state index in [-0.39, 0.29) is 28.6 Å². The number of carbonyl (C=O) groups is 1. The number of nitrogens with two attached hydrogens (primary N) is 1. The van der Waals surface area contributed by atoms with E-state index in [2.05, 4.69) is 0 Å². The Kier molecular flexibility index (Phi) is 3.19. The van der Waals surface area contributed by atoms with Crippen LogP contribution in [0.3, 0.4) is 0 Å². The highest BCUT2D eigenvalue weighted by Gasteiger charge is 2.14. The van der Waals surface area contributed by atoms with Gasteiger partial charge in [-0.25, -0.2) is 4.79 Å². The normalized spacial score (nSPS) is 9.86. The van der Waals surface area contributed by atoms with Crippen molar-refractivity contribution in [3.8, 4) is 5.75 Å². The number of hydrogen-bond donors (Lipinski definition) is 2. The average molecular weight is 216 g/mol. The van der Waals surface area contributed by atoms with Crippen molar-refractivity contribution in [2.24, 2.45) is 0 Å². The molecule has 0 bridgehead atoms. The van der Waals surface area contributed by atoms with Gasteiger partial charge in [0.25, 0.3) is 0 Å². The summed E-state index contributed by atoms with van der Waals surface area (Å²) >= 11 is 5.64. The molecule has 0 spiro atoms. The fraction of sp³-hybridized carbons (Fsp3) is 0.222. The molecule has 1 aromatic rings. The number of ether oxygens (including phenoxy) is 1. The number of phenols is 1. The van der Waals surface area contributed by atoms with Gasteiger partial charge in [-0.3, -0.25) is 0 Å². The number of hydrogen-bond acceptors (Lipinski definition) is 4. The number of phenolic OH excluding ortho intramolecular Hbond substituents is 1. The summed E-state index contributed by atoms with van der Waals surface area (Å²) in [4.78, 5) is 11.3. The number of carbonyl (C=O) groups excluding carboxylic acids is 1. The van der Waals surface area contributed by atoms with Gasteiger partial charge < -0.3 is 15.6 Å². The first-order chi connectivity index (χ1) is 6.56. The van der Waals surface area contributed by atoms with Crippen molar-refractivity contribution in [2.45, 2.75) is 6.92 Å². The van der Waals surface area contributed by atoms with Crippen molar-refractivity contribution >= 4 is 23.3 Å². The lowest BCUT2D eigenvalue weighted by atomic mass is 10.1.